The molecule has 4 rings (SSSR count). The molecule has 0 fully saturated rings. The van der Waals surface area contributed by atoms with Crippen molar-refractivity contribution in [1.29, 1.82) is 0 Å². The maximum atomic E-state index is 11.4. The highest BCUT2D eigenvalue weighted by molar-refractivity contribution is 6.09. The lowest BCUT2D eigenvalue weighted by molar-refractivity contribution is 0.0699. The normalized spacial score (nSPS) is 11.0. The largest absolute Gasteiger partial charge is 0.508 e. The van der Waals surface area contributed by atoms with Crippen molar-refractivity contribution >= 4 is 27.5 Å². The van der Waals surface area contributed by atoms with E-state index < -0.39 is 5.97 Å². The van der Waals surface area contributed by atoms with Gasteiger partial charge in [0.1, 0.15) is 5.75 Å². The number of fused-ring (bicyclic) bond motifs is 2. The minimum absolute atomic E-state index is 0.242. The summed E-state index contributed by atoms with van der Waals surface area (Å²) in [5.74, 6) is -0.682. The molecule has 0 bridgehead atoms. The Morgan fingerprint density at radius 3 is 2.25 bits per heavy atom. The zero-order chi connectivity index (χ0) is 16.7. The van der Waals surface area contributed by atoms with Crippen LogP contribution in [0.15, 0.2) is 72.8 Å². The average molecular weight is 314 g/mol. The van der Waals surface area contributed by atoms with Crippen LogP contribution in [0.3, 0.4) is 0 Å². The molecule has 0 aliphatic heterocycles. The van der Waals surface area contributed by atoms with E-state index >= 15 is 0 Å². The van der Waals surface area contributed by atoms with Gasteiger partial charge in [-0.15, -0.1) is 0 Å². The fraction of sp³-hybridized carbons (Fsp3) is 0. The molecule has 0 amide bonds. The molecule has 24 heavy (non-hydrogen) atoms. The van der Waals surface area contributed by atoms with Gasteiger partial charge in [0, 0.05) is 0 Å². The number of carboxylic acid groups (broad SMARTS) is 1. The van der Waals surface area contributed by atoms with E-state index in [1.54, 1.807) is 18.2 Å². The summed E-state index contributed by atoms with van der Waals surface area (Å²) in [6, 6.07) is 22.3. The minimum atomic E-state index is -0.924. The van der Waals surface area contributed by atoms with Crippen LogP contribution < -0.4 is 0 Å². The van der Waals surface area contributed by atoms with Gasteiger partial charge in [-0.2, -0.15) is 0 Å². The molecule has 0 unspecified atom stereocenters. The van der Waals surface area contributed by atoms with Gasteiger partial charge in [0.15, 0.2) is 0 Å². The van der Waals surface area contributed by atoms with Gasteiger partial charge in [-0.25, -0.2) is 4.79 Å². The maximum Gasteiger partial charge on any atom is 0.336 e. The van der Waals surface area contributed by atoms with Crippen molar-refractivity contribution in [1.82, 2.24) is 0 Å². The average Bonchev–Trinajstić information content (AvgIpc) is 2.60. The third kappa shape index (κ3) is 2.27. The Morgan fingerprint density at radius 2 is 1.46 bits per heavy atom. The number of benzene rings is 4. The molecule has 4 aromatic carbocycles. The Morgan fingerprint density at radius 1 is 0.750 bits per heavy atom. The second-order valence-electron chi connectivity index (χ2n) is 5.76. The third-order valence-electron chi connectivity index (χ3n) is 4.29. The number of aromatic carboxylic acids is 1. The van der Waals surface area contributed by atoms with Crippen LogP contribution in [0.2, 0.25) is 0 Å². The number of hydrogen-bond acceptors (Lipinski definition) is 2. The fourth-order valence-corrected chi connectivity index (χ4v) is 3.14. The molecule has 0 atom stereocenters. The van der Waals surface area contributed by atoms with Crippen molar-refractivity contribution in [3.05, 3.63) is 78.4 Å². The number of phenols is 1. The highest BCUT2D eigenvalue weighted by Crippen LogP contribution is 2.33. The second-order valence-corrected chi connectivity index (χ2v) is 5.76. The van der Waals surface area contributed by atoms with E-state index in [1.165, 1.54) is 0 Å². The summed E-state index contributed by atoms with van der Waals surface area (Å²) in [5.41, 5.74) is 2.31. The Hall–Kier alpha value is -3.33. The lowest BCUT2D eigenvalue weighted by Crippen LogP contribution is -1.98. The van der Waals surface area contributed by atoms with Crippen molar-refractivity contribution in [3.8, 4) is 16.9 Å². The maximum absolute atomic E-state index is 11.4. The van der Waals surface area contributed by atoms with Crippen LogP contribution in [0.5, 0.6) is 5.75 Å². The number of rotatable bonds is 2. The molecule has 2 N–H and O–H groups in total. The summed E-state index contributed by atoms with van der Waals surface area (Å²) in [4.78, 5) is 11.4. The molecule has 4 aromatic rings. The van der Waals surface area contributed by atoms with E-state index in [4.69, 9.17) is 0 Å². The first-order chi connectivity index (χ1) is 11.6. The Kier molecular flexibility index (Phi) is 3.21. The van der Waals surface area contributed by atoms with Gasteiger partial charge < -0.3 is 10.2 Å². The minimum Gasteiger partial charge on any atom is -0.508 e. The molecular formula is C21H14O3. The fourth-order valence-electron chi connectivity index (χ4n) is 3.14. The molecule has 3 nitrogen and oxygen atoms in total. The SMILES string of the molecule is O=C(O)c1ccc(-c2ccc3cc(O)ccc3c2)c2ccccc12. The van der Waals surface area contributed by atoms with Gasteiger partial charge in [-0.1, -0.05) is 48.5 Å². The first-order valence-electron chi connectivity index (χ1n) is 7.62. The number of phenolic OH excluding ortho intramolecular Hbond substituents is 1. The van der Waals surface area contributed by atoms with E-state index in [1.807, 2.05) is 48.5 Å². The van der Waals surface area contributed by atoms with Crippen LogP contribution in [0.4, 0.5) is 0 Å². The van der Waals surface area contributed by atoms with E-state index in [-0.39, 0.29) is 5.75 Å². The molecule has 116 valence electrons. The van der Waals surface area contributed by atoms with Gasteiger partial charge in [-0.05, 0) is 56.9 Å². The van der Waals surface area contributed by atoms with Crippen LogP contribution in [0, 0.1) is 0 Å². The van der Waals surface area contributed by atoms with Gasteiger partial charge in [-0.3, -0.25) is 0 Å². The molecular weight excluding hydrogens is 300 g/mol. The Bertz CT molecular complexity index is 1100. The molecule has 0 aliphatic rings. The first-order valence-corrected chi connectivity index (χ1v) is 7.62. The first kappa shape index (κ1) is 14.3. The quantitative estimate of drug-likeness (QED) is 0.543. The predicted octanol–water partition coefficient (Wildman–Crippen LogP) is 5.06. The monoisotopic (exact) mass is 314 g/mol. The summed E-state index contributed by atoms with van der Waals surface area (Å²) in [5, 5.41) is 22.6. The molecule has 0 aliphatic carbocycles. The van der Waals surface area contributed by atoms with E-state index in [0.29, 0.717) is 5.56 Å². The summed E-state index contributed by atoms with van der Waals surface area (Å²) < 4.78 is 0. The smallest absolute Gasteiger partial charge is 0.336 e. The highest BCUT2D eigenvalue weighted by atomic mass is 16.4. The zero-order valence-electron chi connectivity index (χ0n) is 12.7. The van der Waals surface area contributed by atoms with Crippen molar-refractivity contribution in [2.75, 3.05) is 0 Å². The highest BCUT2D eigenvalue weighted by Gasteiger charge is 2.12. The molecule has 0 heterocycles. The Labute approximate surface area is 138 Å². The van der Waals surface area contributed by atoms with E-state index in [2.05, 4.69) is 6.07 Å². The molecule has 3 heteroatoms. The summed E-state index contributed by atoms with van der Waals surface area (Å²) in [7, 11) is 0. The van der Waals surface area contributed by atoms with Crippen LogP contribution in [-0.2, 0) is 0 Å². The number of aromatic hydroxyl groups is 1. The van der Waals surface area contributed by atoms with E-state index in [0.717, 1.165) is 32.7 Å². The summed E-state index contributed by atoms with van der Waals surface area (Å²) >= 11 is 0. The van der Waals surface area contributed by atoms with Crippen LogP contribution in [0.25, 0.3) is 32.7 Å². The third-order valence-corrected chi connectivity index (χ3v) is 4.29. The lowest BCUT2D eigenvalue weighted by Gasteiger charge is -2.10. The molecule has 0 spiro atoms. The van der Waals surface area contributed by atoms with Gasteiger partial charge in [0.25, 0.3) is 0 Å². The Balaban J connectivity index is 1.98. The lowest BCUT2D eigenvalue weighted by atomic mass is 9.94. The van der Waals surface area contributed by atoms with Crippen LogP contribution in [0.1, 0.15) is 10.4 Å². The molecule has 0 radical (unpaired) electrons. The van der Waals surface area contributed by atoms with Gasteiger partial charge in [0.05, 0.1) is 5.56 Å². The summed E-state index contributed by atoms with van der Waals surface area (Å²) in [6.07, 6.45) is 0. The number of hydrogen-bond donors (Lipinski definition) is 2. The van der Waals surface area contributed by atoms with Crippen LogP contribution >= 0.6 is 0 Å². The second kappa shape index (κ2) is 5.39. The van der Waals surface area contributed by atoms with E-state index in [9.17, 15) is 15.0 Å². The molecule has 0 saturated heterocycles. The number of carbonyl (C=O) groups is 1. The van der Waals surface area contributed by atoms with Crippen molar-refractivity contribution < 1.29 is 15.0 Å². The molecule has 0 aromatic heterocycles. The van der Waals surface area contributed by atoms with Crippen molar-refractivity contribution in [2.45, 2.75) is 0 Å². The number of carboxylic acids is 1. The zero-order valence-corrected chi connectivity index (χ0v) is 12.7. The van der Waals surface area contributed by atoms with Crippen LogP contribution in [-0.4, -0.2) is 16.2 Å². The predicted molar refractivity (Wildman–Crippen MR) is 95.5 cm³/mol. The topological polar surface area (TPSA) is 57.5 Å². The van der Waals surface area contributed by atoms with Crippen molar-refractivity contribution in [3.63, 3.8) is 0 Å². The van der Waals surface area contributed by atoms with Gasteiger partial charge >= 0.3 is 5.97 Å². The van der Waals surface area contributed by atoms with Gasteiger partial charge in [0.2, 0.25) is 0 Å². The van der Waals surface area contributed by atoms with Crippen molar-refractivity contribution in [2.24, 2.45) is 0 Å². The standard InChI is InChI=1S/C21H14O3/c22-16-8-7-13-11-15(6-5-14(13)12-16)17-9-10-20(21(23)24)19-4-2-1-3-18(17)19/h1-12,22H,(H,23,24). The molecule has 0 saturated carbocycles. The summed E-state index contributed by atoms with van der Waals surface area (Å²) in [6.45, 7) is 0.